The van der Waals surface area contributed by atoms with Crippen molar-refractivity contribution in [2.45, 2.75) is 0 Å². The number of hydrogen-bond acceptors (Lipinski definition) is 1. The minimum absolute atomic E-state index is 0. The Hall–Kier alpha value is 1.34. The van der Waals surface area contributed by atoms with Gasteiger partial charge in [0.15, 0.2) is 0 Å². The Morgan fingerprint density at radius 3 is 1.33 bits per heavy atom. The van der Waals surface area contributed by atoms with Crippen LogP contribution in [-0.2, 0) is 0 Å². The molecule has 0 aromatic heterocycles. The molecule has 2 N–H and O–H groups in total. The second-order valence-corrected chi connectivity index (χ2v) is 0.283. The van der Waals surface area contributed by atoms with Crippen molar-refractivity contribution in [2.24, 2.45) is 0 Å². The third-order valence-electron chi connectivity index (χ3n) is 0. The first-order valence-corrected chi connectivity index (χ1v) is 0.651. The first kappa shape index (κ1) is 15.7. The average Bonchev–Trinajstić information content (AvgIpc) is 0.811. The minimum atomic E-state index is -1.83. The first-order valence-electron chi connectivity index (χ1n) is 0.651. The Morgan fingerprint density at radius 2 is 1.33 bits per heavy atom. The SMILES string of the molecule is O=C(O)O.P.[KH]. The Bertz CT molecular complexity index is 33.8. The number of carbonyl (C=O) groups is 1. The van der Waals surface area contributed by atoms with E-state index in [0.29, 0.717) is 0 Å². The van der Waals surface area contributed by atoms with Crippen LogP contribution in [0.1, 0.15) is 0 Å². The quantitative estimate of drug-likeness (QED) is 0.353. The van der Waals surface area contributed by atoms with Gasteiger partial charge in [-0.3, -0.25) is 0 Å². The van der Waals surface area contributed by atoms with E-state index in [1.54, 1.807) is 0 Å². The van der Waals surface area contributed by atoms with Gasteiger partial charge in [-0.15, -0.1) is 0 Å². The van der Waals surface area contributed by atoms with Gasteiger partial charge in [0, 0.05) is 0 Å². The van der Waals surface area contributed by atoms with Gasteiger partial charge in [-0.05, 0) is 0 Å². The summed E-state index contributed by atoms with van der Waals surface area (Å²) in [6.07, 6.45) is -1.83. The normalized spacial score (nSPS) is 4.00. The third kappa shape index (κ3) is 56.2. The standard InChI is InChI=1S/CH2O3.K.H3P.H/c2-1(3)4;;;/h(H2,2,3,4);;1H3;. The maximum absolute atomic E-state index is 8.56. The van der Waals surface area contributed by atoms with Crippen LogP contribution in [0.3, 0.4) is 0 Å². The summed E-state index contributed by atoms with van der Waals surface area (Å²) in [7, 11) is 0. The molecular weight excluding hydrogens is 130 g/mol. The van der Waals surface area contributed by atoms with Gasteiger partial charge in [-0.25, -0.2) is 4.79 Å². The molecule has 0 amide bonds. The Balaban J connectivity index is -0.0000000450. The second-order valence-electron chi connectivity index (χ2n) is 0.283. The molecule has 1 atom stereocenters. The van der Waals surface area contributed by atoms with Crippen molar-refractivity contribution in [3.8, 4) is 0 Å². The van der Waals surface area contributed by atoms with Crippen molar-refractivity contribution in [3.63, 3.8) is 0 Å². The summed E-state index contributed by atoms with van der Waals surface area (Å²) in [4.78, 5) is 8.56. The van der Waals surface area contributed by atoms with E-state index in [9.17, 15) is 0 Å². The zero-order valence-electron chi connectivity index (χ0n) is 2.51. The van der Waals surface area contributed by atoms with Crippen molar-refractivity contribution < 1.29 is 15.0 Å². The van der Waals surface area contributed by atoms with E-state index in [1.807, 2.05) is 0 Å². The van der Waals surface area contributed by atoms with Crippen LogP contribution >= 0.6 is 9.90 Å². The zero-order valence-corrected chi connectivity index (χ0v) is 3.92. The molecule has 0 aromatic rings. The van der Waals surface area contributed by atoms with Crippen molar-refractivity contribution >= 4 is 67.4 Å². The molecule has 0 spiro atoms. The maximum atomic E-state index is 8.56. The van der Waals surface area contributed by atoms with E-state index in [0.717, 1.165) is 0 Å². The molecule has 0 bridgehead atoms. The zero-order chi connectivity index (χ0) is 3.58. The van der Waals surface area contributed by atoms with Crippen LogP contribution in [0.4, 0.5) is 4.79 Å². The van der Waals surface area contributed by atoms with Crippen molar-refractivity contribution in [3.05, 3.63) is 0 Å². The fourth-order valence-corrected chi connectivity index (χ4v) is 0. The van der Waals surface area contributed by atoms with Crippen molar-refractivity contribution in [1.82, 2.24) is 0 Å². The van der Waals surface area contributed by atoms with E-state index < -0.39 is 6.16 Å². The van der Waals surface area contributed by atoms with Gasteiger partial charge < -0.3 is 10.2 Å². The van der Waals surface area contributed by atoms with Crippen LogP contribution < -0.4 is 0 Å². The third-order valence-corrected chi connectivity index (χ3v) is 0. The molecule has 0 aromatic carbocycles. The molecular formula is CH6KO3P. The van der Waals surface area contributed by atoms with Gasteiger partial charge in [-0.1, -0.05) is 0 Å². The molecule has 0 heterocycles. The molecule has 0 aliphatic carbocycles. The van der Waals surface area contributed by atoms with E-state index in [1.165, 1.54) is 0 Å². The van der Waals surface area contributed by atoms with Crippen molar-refractivity contribution in [1.29, 1.82) is 0 Å². The summed E-state index contributed by atoms with van der Waals surface area (Å²) in [6.45, 7) is 0. The predicted molar refractivity (Wildman–Crippen MR) is 28.9 cm³/mol. The van der Waals surface area contributed by atoms with Crippen LogP contribution in [0, 0.1) is 0 Å². The van der Waals surface area contributed by atoms with Crippen LogP contribution in [0.2, 0.25) is 0 Å². The molecule has 0 saturated heterocycles. The molecule has 0 fully saturated rings. The Morgan fingerprint density at radius 1 is 1.33 bits per heavy atom. The summed E-state index contributed by atoms with van der Waals surface area (Å²) >= 11 is 0. The molecule has 0 radical (unpaired) electrons. The van der Waals surface area contributed by atoms with Crippen LogP contribution in [-0.4, -0.2) is 67.8 Å². The molecule has 1 unspecified atom stereocenters. The first-order chi connectivity index (χ1) is 1.73. The van der Waals surface area contributed by atoms with Crippen LogP contribution in [0.25, 0.3) is 0 Å². The van der Waals surface area contributed by atoms with Gasteiger partial charge >= 0.3 is 57.5 Å². The molecule has 0 saturated carbocycles. The molecule has 0 aliphatic heterocycles. The van der Waals surface area contributed by atoms with Gasteiger partial charge in [0.25, 0.3) is 0 Å². The summed E-state index contributed by atoms with van der Waals surface area (Å²) in [6, 6.07) is 0. The predicted octanol–water partition coefficient (Wildman–Crippen LogP) is -0.368. The average molecular weight is 136 g/mol. The molecule has 3 nitrogen and oxygen atoms in total. The molecule has 6 heavy (non-hydrogen) atoms. The van der Waals surface area contributed by atoms with Gasteiger partial charge in [0.2, 0.25) is 0 Å². The second kappa shape index (κ2) is 9.60. The van der Waals surface area contributed by atoms with E-state index in [-0.39, 0.29) is 61.3 Å². The fraction of sp³-hybridized carbons (Fsp3) is 0. The summed E-state index contributed by atoms with van der Waals surface area (Å²) in [5.74, 6) is 0. The number of carboxylic acid groups (broad SMARTS) is 2. The number of rotatable bonds is 0. The monoisotopic (exact) mass is 136 g/mol. The van der Waals surface area contributed by atoms with Crippen LogP contribution in [0.15, 0.2) is 0 Å². The summed E-state index contributed by atoms with van der Waals surface area (Å²) in [5, 5.41) is 13.9. The molecule has 5 heteroatoms. The summed E-state index contributed by atoms with van der Waals surface area (Å²) in [5.41, 5.74) is 0. The number of hydrogen-bond donors (Lipinski definition) is 2. The van der Waals surface area contributed by atoms with E-state index in [2.05, 4.69) is 0 Å². The Labute approximate surface area is 81.2 Å². The van der Waals surface area contributed by atoms with Gasteiger partial charge in [0.05, 0.1) is 0 Å². The topological polar surface area (TPSA) is 57.5 Å². The molecule has 34 valence electrons. The Kier molecular flexibility index (Phi) is 25.1. The van der Waals surface area contributed by atoms with E-state index >= 15 is 0 Å². The molecule has 0 aliphatic rings. The van der Waals surface area contributed by atoms with Gasteiger partial charge in [-0.2, -0.15) is 9.90 Å². The van der Waals surface area contributed by atoms with Crippen LogP contribution in [0.5, 0.6) is 0 Å². The summed E-state index contributed by atoms with van der Waals surface area (Å²) < 4.78 is 0. The fourth-order valence-electron chi connectivity index (χ4n) is 0. The van der Waals surface area contributed by atoms with Crippen molar-refractivity contribution in [2.75, 3.05) is 0 Å². The van der Waals surface area contributed by atoms with Gasteiger partial charge in [0.1, 0.15) is 0 Å². The molecule has 0 rings (SSSR count). The van der Waals surface area contributed by atoms with E-state index in [4.69, 9.17) is 15.0 Å².